The number of imide groups is 1. The van der Waals surface area contributed by atoms with Gasteiger partial charge in [0.05, 0.1) is 6.20 Å². The minimum atomic E-state index is -1.07. The Labute approximate surface area is 172 Å². The summed E-state index contributed by atoms with van der Waals surface area (Å²) in [4.78, 5) is 31.0. The number of benzene rings is 2. The van der Waals surface area contributed by atoms with Crippen molar-refractivity contribution in [3.63, 3.8) is 0 Å². The highest BCUT2D eigenvalue weighted by atomic mass is 16.7. The van der Waals surface area contributed by atoms with E-state index in [0.29, 0.717) is 29.6 Å². The van der Waals surface area contributed by atoms with Crippen LogP contribution in [-0.4, -0.2) is 34.2 Å². The van der Waals surface area contributed by atoms with Gasteiger partial charge in [-0.25, -0.2) is 9.78 Å². The molecule has 0 bridgehead atoms. The number of ether oxygens (including phenoxy) is 2. The van der Waals surface area contributed by atoms with Crippen LogP contribution in [0.1, 0.15) is 18.4 Å². The molecular weight excluding hydrogens is 386 g/mol. The maximum Gasteiger partial charge on any atom is 0.325 e. The molecule has 0 saturated carbocycles. The van der Waals surface area contributed by atoms with E-state index in [4.69, 9.17) is 13.9 Å². The molecule has 3 aromatic rings. The smallest absolute Gasteiger partial charge is 0.325 e. The van der Waals surface area contributed by atoms with Crippen LogP contribution in [-0.2, 0) is 17.8 Å². The van der Waals surface area contributed by atoms with E-state index in [9.17, 15) is 9.59 Å². The van der Waals surface area contributed by atoms with Crippen molar-refractivity contribution in [3.8, 4) is 22.8 Å². The number of oxazole rings is 1. The largest absolute Gasteiger partial charge is 0.454 e. The van der Waals surface area contributed by atoms with Gasteiger partial charge in [-0.05, 0) is 24.6 Å². The number of amides is 3. The lowest BCUT2D eigenvalue weighted by Gasteiger charge is -2.21. The highest BCUT2D eigenvalue weighted by molar-refractivity contribution is 6.06. The summed E-state index contributed by atoms with van der Waals surface area (Å²) in [6.45, 7) is 1.86. The zero-order valence-corrected chi connectivity index (χ0v) is 16.3. The molecule has 8 heteroatoms. The van der Waals surface area contributed by atoms with E-state index >= 15 is 0 Å². The van der Waals surface area contributed by atoms with E-state index in [2.05, 4.69) is 10.3 Å². The Kier molecular flexibility index (Phi) is 4.20. The molecule has 1 saturated heterocycles. The molecule has 2 aromatic carbocycles. The minimum absolute atomic E-state index is 0.0335. The van der Waals surface area contributed by atoms with Crippen molar-refractivity contribution in [2.45, 2.75) is 25.4 Å². The summed E-state index contributed by atoms with van der Waals surface area (Å²) in [5.41, 5.74) is 0.667. The molecule has 2 aliphatic rings. The Bertz CT molecular complexity index is 1130. The third-order valence-electron chi connectivity index (χ3n) is 5.25. The lowest BCUT2D eigenvalue weighted by molar-refractivity contribution is -0.131. The van der Waals surface area contributed by atoms with Gasteiger partial charge in [0, 0.05) is 12.0 Å². The molecule has 3 heterocycles. The van der Waals surface area contributed by atoms with Crippen LogP contribution >= 0.6 is 0 Å². The van der Waals surface area contributed by atoms with Gasteiger partial charge in [0.15, 0.2) is 17.3 Å². The first-order valence-electron chi connectivity index (χ1n) is 9.55. The Hall–Kier alpha value is -3.81. The van der Waals surface area contributed by atoms with Gasteiger partial charge in [0.25, 0.3) is 5.91 Å². The first-order chi connectivity index (χ1) is 14.5. The first kappa shape index (κ1) is 18.2. The van der Waals surface area contributed by atoms with Crippen LogP contribution in [0.3, 0.4) is 0 Å². The Morgan fingerprint density at radius 2 is 1.90 bits per heavy atom. The van der Waals surface area contributed by atoms with Crippen LogP contribution in [0.15, 0.2) is 59.1 Å². The molecule has 8 nitrogen and oxygen atoms in total. The van der Waals surface area contributed by atoms with Crippen molar-refractivity contribution in [2.24, 2.45) is 0 Å². The van der Waals surface area contributed by atoms with Crippen LogP contribution in [0.4, 0.5) is 4.79 Å². The number of hydrogen-bond donors (Lipinski definition) is 1. The second-order valence-corrected chi connectivity index (χ2v) is 7.50. The second-order valence-electron chi connectivity index (χ2n) is 7.50. The van der Waals surface area contributed by atoms with Crippen LogP contribution in [0.2, 0.25) is 0 Å². The van der Waals surface area contributed by atoms with E-state index in [-0.39, 0.29) is 19.2 Å². The van der Waals surface area contributed by atoms with E-state index in [1.54, 1.807) is 19.2 Å². The molecule has 3 amide bonds. The number of hydrogen-bond acceptors (Lipinski definition) is 6. The van der Waals surface area contributed by atoms with Gasteiger partial charge < -0.3 is 19.2 Å². The van der Waals surface area contributed by atoms with Gasteiger partial charge in [-0.1, -0.05) is 36.4 Å². The predicted octanol–water partition coefficient (Wildman–Crippen LogP) is 3.12. The second kappa shape index (κ2) is 6.91. The number of fused-ring (bicyclic) bond motifs is 1. The lowest BCUT2D eigenvalue weighted by Crippen LogP contribution is -2.45. The topological polar surface area (TPSA) is 93.9 Å². The molecule has 0 radical (unpaired) electrons. The van der Waals surface area contributed by atoms with Crippen molar-refractivity contribution < 1.29 is 23.5 Å². The molecule has 1 aromatic heterocycles. The maximum absolute atomic E-state index is 13.1. The number of carbonyl (C=O) groups excluding carboxylic acids is 2. The maximum atomic E-state index is 13.1. The molecule has 0 spiro atoms. The van der Waals surface area contributed by atoms with Gasteiger partial charge in [-0.15, -0.1) is 0 Å². The fourth-order valence-electron chi connectivity index (χ4n) is 3.72. The highest BCUT2D eigenvalue weighted by Crippen LogP contribution is 2.34. The Balaban J connectivity index is 1.32. The summed E-state index contributed by atoms with van der Waals surface area (Å²) in [7, 11) is 0. The fraction of sp³-hybridized carbons (Fsp3) is 0.227. The van der Waals surface area contributed by atoms with E-state index in [1.165, 1.54) is 0 Å². The summed E-state index contributed by atoms with van der Waals surface area (Å²) in [5.74, 6) is 1.86. The SMILES string of the molecule is C[C@]1(Cc2ccc3c(c2)OCO3)NC(=O)N(Cc2ncc(-c3ccccc3)o2)C1=O. The minimum Gasteiger partial charge on any atom is -0.454 e. The van der Waals surface area contributed by atoms with Crippen molar-refractivity contribution in [3.05, 3.63) is 66.2 Å². The number of rotatable bonds is 5. The molecule has 152 valence electrons. The number of aromatic nitrogens is 1. The normalized spacial score (nSPS) is 20.0. The quantitative estimate of drug-likeness (QED) is 0.656. The summed E-state index contributed by atoms with van der Waals surface area (Å²) in [6, 6.07) is 14.5. The number of carbonyl (C=O) groups is 2. The summed E-state index contributed by atoms with van der Waals surface area (Å²) in [5, 5.41) is 2.80. The van der Waals surface area contributed by atoms with E-state index < -0.39 is 11.6 Å². The zero-order valence-electron chi connectivity index (χ0n) is 16.3. The summed E-state index contributed by atoms with van der Waals surface area (Å²) < 4.78 is 16.5. The van der Waals surface area contributed by atoms with Gasteiger partial charge >= 0.3 is 6.03 Å². The van der Waals surface area contributed by atoms with Crippen LogP contribution in [0, 0.1) is 0 Å². The zero-order chi connectivity index (χ0) is 20.7. The highest BCUT2D eigenvalue weighted by Gasteiger charge is 2.48. The monoisotopic (exact) mass is 405 g/mol. The molecule has 1 fully saturated rings. The molecule has 0 unspecified atom stereocenters. The van der Waals surface area contributed by atoms with Gasteiger partial charge in [0.2, 0.25) is 12.7 Å². The molecule has 1 N–H and O–H groups in total. The third-order valence-corrected chi connectivity index (χ3v) is 5.25. The van der Waals surface area contributed by atoms with Gasteiger partial charge in [-0.2, -0.15) is 0 Å². The summed E-state index contributed by atoms with van der Waals surface area (Å²) in [6.07, 6.45) is 1.92. The Morgan fingerprint density at radius 1 is 1.10 bits per heavy atom. The molecule has 5 rings (SSSR count). The van der Waals surface area contributed by atoms with Crippen LogP contribution in [0.25, 0.3) is 11.3 Å². The predicted molar refractivity (Wildman–Crippen MR) is 106 cm³/mol. The lowest BCUT2D eigenvalue weighted by atomic mass is 9.92. The number of urea groups is 1. The van der Waals surface area contributed by atoms with E-state index in [0.717, 1.165) is 16.0 Å². The van der Waals surface area contributed by atoms with E-state index in [1.807, 2.05) is 42.5 Å². The van der Waals surface area contributed by atoms with Crippen molar-refractivity contribution in [2.75, 3.05) is 6.79 Å². The van der Waals surface area contributed by atoms with Crippen molar-refractivity contribution >= 4 is 11.9 Å². The molecule has 0 aliphatic carbocycles. The van der Waals surface area contributed by atoms with Crippen LogP contribution in [0.5, 0.6) is 11.5 Å². The molecule has 1 atom stereocenters. The van der Waals surface area contributed by atoms with Crippen molar-refractivity contribution in [1.29, 1.82) is 0 Å². The number of nitrogens with one attached hydrogen (secondary N) is 1. The molecule has 2 aliphatic heterocycles. The van der Waals surface area contributed by atoms with Crippen LogP contribution < -0.4 is 14.8 Å². The van der Waals surface area contributed by atoms with Crippen molar-refractivity contribution in [1.82, 2.24) is 15.2 Å². The fourth-order valence-corrected chi connectivity index (χ4v) is 3.72. The Morgan fingerprint density at radius 3 is 2.73 bits per heavy atom. The standard InChI is InChI=1S/C22H19N3O5/c1-22(10-14-7-8-16-17(9-14)29-13-28-16)20(26)25(21(27)24-22)12-19-23-11-18(30-19)15-5-3-2-4-6-15/h2-9,11H,10,12-13H2,1H3,(H,24,27)/t22-/m1/s1. The average Bonchev–Trinajstić information content (AvgIpc) is 3.45. The summed E-state index contributed by atoms with van der Waals surface area (Å²) >= 11 is 0. The molecular formula is C22H19N3O5. The third kappa shape index (κ3) is 3.16. The molecule has 30 heavy (non-hydrogen) atoms. The van der Waals surface area contributed by atoms with Gasteiger partial charge in [0.1, 0.15) is 12.1 Å². The van der Waals surface area contributed by atoms with Gasteiger partial charge in [-0.3, -0.25) is 9.69 Å². The number of nitrogens with zero attached hydrogens (tertiary/aromatic N) is 2. The average molecular weight is 405 g/mol. The first-order valence-corrected chi connectivity index (χ1v) is 9.55.